The van der Waals surface area contributed by atoms with Crippen LogP contribution in [0, 0.1) is 11.8 Å². The minimum atomic E-state index is 0. The number of fused-ring (bicyclic) bond motifs is 2. The minimum absolute atomic E-state index is 0. The number of rotatable bonds is 2. The van der Waals surface area contributed by atoms with Crippen molar-refractivity contribution in [1.82, 2.24) is 4.90 Å². The maximum absolute atomic E-state index is 12.9. The van der Waals surface area contributed by atoms with E-state index in [0.29, 0.717) is 11.8 Å². The van der Waals surface area contributed by atoms with E-state index in [0.717, 1.165) is 44.5 Å². The Kier molecular flexibility index (Phi) is 5.35. The summed E-state index contributed by atoms with van der Waals surface area (Å²) < 4.78 is 0. The molecule has 3 unspecified atom stereocenters. The lowest BCUT2D eigenvalue weighted by molar-refractivity contribution is 0.0779. The number of amides is 1. The highest BCUT2D eigenvalue weighted by molar-refractivity contribution is 5.95. The van der Waals surface area contributed by atoms with Crippen LogP contribution >= 0.6 is 12.4 Å². The number of hydrogen-bond acceptors (Lipinski definition) is 3. The minimum Gasteiger partial charge on any atom is -0.341 e. The summed E-state index contributed by atoms with van der Waals surface area (Å²) in [5, 5.41) is 0. The predicted octanol–water partition coefficient (Wildman–Crippen LogP) is 4.00. The number of carbonyl (C=O) groups excluding carboxylic acids is 1. The maximum atomic E-state index is 12.9. The van der Waals surface area contributed by atoms with Crippen LogP contribution in [0.2, 0.25) is 0 Å². The molecule has 2 fully saturated rings. The Balaban J connectivity index is 0.00000192. The van der Waals surface area contributed by atoms with Crippen molar-refractivity contribution in [3.8, 4) is 0 Å². The molecule has 0 radical (unpaired) electrons. The number of anilines is 2. The van der Waals surface area contributed by atoms with Crippen LogP contribution < -0.4 is 10.6 Å². The van der Waals surface area contributed by atoms with Crippen LogP contribution in [0.5, 0.6) is 0 Å². The van der Waals surface area contributed by atoms with Crippen molar-refractivity contribution < 1.29 is 4.79 Å². The largest absolute Gasteiger partial charge is 0.341 e. The molecule has 1 saturated heterocycles. The molecule has 5 heteroatoms. The maximum Gasteiger partial charge on any atom is 0.253 e. The normalized spacial score (nSPS) is 25.8. The fraction of sp³-hybridized carbons (Fsp3) is 0.435. The molecule has 3 atom stereocenters. The quantitative estimate of drug-likeness (QED) is 0.833. The second-order valence-electron chi connectivity index (χ2n) is 8.31. The van der Waals surface area contributed by atoms with Gasteiger partial charge in [0.1, 0.15) is 0 Å². The van der Waals surface area contributed by atoms with Crippen molar-refractivity contribution in [2.45, 2.75) is 31.7 Å². The Bertz CT molecular complexity index is 853. The van der Waals surface area contributed by atoms with Gasteiger partial charge in [-0.2, -0.15) is 0 Å². The molecule has 4 nitrogen and oxygen atoms in total. The number of aryl methyl sites for hydroxylation is 1. The standard InChI is InChI=1S/C23H27N3O.ClH/c24-21-12-9-18-14-25(15-20(18)21)23(27)17-7-10-19(11-8-17)26-13-3-5-16-4-1-2-6-22(16)26;/h1-2,4,6-8,10-11,18,20-21H,3,5,9,12-15,24H2;1H. The van der Waals surface area contributed by atoms with E-state index in [2.05, 4.69) is 41.3 Å². The lowest BCUT2D eigenvalue weighted by Crippen LogP contribution is -2.33. The fourth-order valence-electron chi connectivity index (χ4n) is 5.24. The van der Waals surface area contributed by atoms with Gasteiger partial charge in [-0.1, -0.05) is 18.2 Å². The number of nitrogens with two attached hydrogens (primary N) is 1. The lowest BCUT2D eigenvalue weighted by atomic mass is 9.98. The summed E-state index contributed by atoms with van der Waals surface area (Å²) in [6.07, 6.45) is 4.59. The van der Waals surface area contributed by atoms with Crippen LogP contribution in [0.4, 0.5) is 11.4 Å². The van der Waals surface area contributed by atoms with Gasteiger partial charge in [0, 0.05) is 42.6 Å². The number of likely N-dealkylation sites (tertiary alicyclic amines) is 1. The van der Waals surface area contributed by atoms with Gasteiger partial charge in [-0.25, -0.2) is 0 Å². The van der Waals surface area contributed by atoms with E-state index < -0.39 is 0 Å². The highest BCUT2D eigenvalue weighted by Crippen LogP contribution is 2.38. The van der Waals surface area contributed by atoms with E-state index in [1.54, 1.807) is 0 Å². The number of para-hydroxylation sites is 1. The molecule has 2 aromatic rings. The first-order valence-corrected chi connectivity index (χ1v) is 10.2. The molecular weight excluding hydrogens is 370 g/mol. The molecule has 28 heavy (non-hydrogen) atoms. The summed E-state index contributed by atoms with van der Waals surface area (Å²) in [7, 11) is 0. The van der Waals surface area contributed by atoms with Crippen LogP contribution in [0.25, 0.3) is 0 Å². The zero-order chi connectivity index (χ0) is 18.4. The number of hydrogen-bond donors (Lipinski definition) is 1. The molecule has 148 valence electrons. The smallest absolute Gasteiger partial charge is 0.253 e. The van der Waals surface area contributed by atoms with Crippen molar-refractivity contribution in [1.29, 1.82) is 0 Å². The zero-order valence-electron chi connectivity index (χ0n) is 16.1. The fourth-order valence-corrected chi connectivity index (χ4v) is 5.24. The summed E-state index contributed by atoms with van der Waals surface area (Å²) in [6.45, 7) is 2.72. The van der Waals surface area contributed by atoms with E-state index in [9.17, 15) is 4.79 Å². The number of halogens is 1. The molecule has 2 aromatic carbocycles. The van der Waals surface area contributed by atoms with Crippen molar-refractivity contribution >= 4 is 29.7 Å². The van der Waals surface area contributed by atoms with Gasteiger partial charge in [-0.3, -0.25) is 4.79 Å². The first-order valence-electron chi connectivity index (χ1n) is 10.2. The molecular formula is C23H28ClN3O. The van der Waals surface area contributed by atoms with Crippen LogP contribution in [-0.2, 0) is 6.42 Å². The summed E-state index contributed by atoms with van der Waals surface area (Å²) in [4.78, 5) is 17.3. The van der Waals surface area contributed by atoms with E-state index >= 15 is 0 Å². The van der Waals surface area contributed by atoms with E-state index in [1.807, 2.05) is 17.0 Å². The first-order chi connectivity index (χ1) is 13.2. The predicted molar refractivity (Wildman–Crippen MR) is 116 cm³/mol. The Morgan fingerprint density at radius 1 is 1.00 bits per heavy atom. The molecule has 2 N–H and O–H groups in total. The lowest BCUT2D eigenvalue weighted by Gasteiger charge is -2.31. The van der Waals surface area contributed by atoms with Gasteiger partial charge in [0.2, 0.25) is 0 Å². The summed E-state index contributed by atoms with van der Waals surface area (Å²) in [6, 6.07) is 17.1. The average molecular weight is 398 g/mol. The molecule has 0 spiro atoms. The Labute approximate surface area is 173 Å². The number of benzene rings is 2. The number of nitrogens with zero attached hydrogens (tertiary/aromatic N) is 2. The molecule has 5 rings (SSSR count). The third kappa shape index (κ3) is 3.29. The summed E-state index contributed by atoms with van der Waals surface area (Å²) >= 11 is 0. The van der Waals surface area contributed by atoms with Crippen LogP contribution in [-0.4, -0.2) is 36.5 Å². The first kappa shape index (κ1) is 19.3. The van der Waals surface area contributed by atoms with Gasteiger partial charge in [0.25, 0.3) is 5.91 Å². The topological polar surface area (TPSA) is 49.6 Å². The van der Waals surface area contributed by atoms with Gasteiger partial charge in [-0.05, 0) is 73.4 Å². The Morgan fingerprint density at radius 2 is 1.79 bits per heavy atom. The average Bonchev–Trinajstić information content (AvgIpc) is 3.29. The van der Waals surface area contributed by atoms with Gasteiger partial charge in [-0.15, -0.1) is 12.4 Å². The molecule has 3 aliphatic rings. The molecule has 1 amide bonds. The van der Waals surface area contributed by atoms with E-state index in [-0.39, 0.29) is 24.4 Å². The van der Waals surface area contributed by atoms with Crippen molar-refractivity contribution in [3.63, 3.8) is 0 Å². The third-order valence-electron chi connectivity index (χ3n) is 6.74. The molecule has 1 aliphatic carbocycles. The van der Waals surface area contributed by atoms with Gasteiger partial charge >= 0.3 is 0 Å². The second-order valence-corrected chi connectivity index (χ2v) is 8.31. The molecule has 2 aliphatic heterocycles. The molecule has 2 heterocycles. The van der Waals surface area contributed by atoms with Crippen LogP contribution in [0.15, 0.2) is 48.5 Å². The zero-order valence-corrected chi connectivity index (χ0v) is 16.9. The van der Waals surface area contributed by atoms with Gasteiger partial charge in [0.15, 0.2) is 0 Å². The molecule has 0 bridgehead atoms. The van der Waals surface area contributed by atoms with Crippen molar-refractivity contribution in [3.05, 3.63) is 59.7 Å². The summed E-state index contributed by atoms with van der Waals surface area (Å²) in [5.41, 5.74) is 10.9. The van der Waals surface area contributed by atoms with Crippen LogP contribution in [0.3, 0.4) is 0 Å². The number of carbonyl (C=O) groups is 1. The Hall–Kier alpha value is -2.04. The monoisotopic (exact) mass is 397 g/mol. The Morgan fingerprint density at radius 3 is 2.57 bits per heavy atom. The second kappa shape index (κ2) is 7.76. The molecule has 1 saturated carbocycles. The molecule has 0 aromatic heterocycles. The van der Waals surface area contributed by atoms with E-state index in [1.165, 1.54) is 23.4 Å². The highest BCUT2D eigenvalue weighted by atomic mass is 35.5. The third-order valence-corrected chi connectivity index (χ3v) is 6.74. The highest BCUT2D eigenvalue weighted by Gasteiger charge is 2.42. The van der Waals surface area contributed by atoms with Crippen molar-refractivity contribution in [2.75, 3.05) is 24.5 Å². The van der Waals surface area contributed by atoms with Crippen molar-refractivity contribution in [2.24, 2.45) is 17.6 Å². The SMILES string of the molecule is Cl.NC1CCC2CN(C(=O)c3ccc(N4CCCc5ccccc54)cc3)CC12. The van der Waals surface area contributed by atoms with Gasteiger partial charge in [0.05, 0.1) is 0 Å². The van der Waals surface area contributed by atoms with Gasteiger partial charge < -0.3 is 15.5 Å². The summed E-state index contributed by atoms with van der Waals surface area (Å²) in [5.74, 6) is 1.26. The van der Waals surface area contributed by atoms with E-state index in [4.69, 9.17) is 5.73 Å². The van der Waals surface area contributed by atoms with Crippen LogP contribution in [0.1, 0.15) is 35.2 Å².